The second-order valence-electron chi connectivity index (χ2n) is 6.02. The van der Waals surface area contributed by atoms with E-state index in [1.54, 1.807) is 6.33 Å². The monoisotopic (exact) mass is 288 g/mol. The predicted molar refractivity (Wildman–Crippen MR) is 85.5 cm³/mol. The van der Waals surface area contributed by atoms with Gasteiger partial charge in [-0.15, -0.1) is 0 Å². The summed E-state index contributed by atoms with van der Waals surface area (Å²) in [5, 5.41) is 6.83. The second-order valence-corrected chi connectivity index (χ2v) is 6.02. The molecule has 0 spiro atoms. The summed E-state index contributed by atoms with van der Waals surface area (Å²) in [4.78, 5) is 16.5. The number of hydrogen-bond donors (Lipinski definition) is 3. The van der Waals surface area contributed by atoms with Gasteiger partial charge in [-0.25, -0.2) is 4.98 Å². The smallest absolute Gasteiger partial charge is 0.226 e. The van der Waals surface area contributed by atoms with Gasteiger partial charge in [0.05, 0.1) is 6.33 Å². The lowest BCUT2D eigenvalue weighted by Gasteiger charge is -2.27. The van der Waals surface area contributed by atoms with Crippen molar-refractivity contribution in [3.63, 3.8) is 0 Å². The Labute approximate surface area is 125 Å². The van der Waals surface area contributed by atoms with E-state index in [1.165, 1.54) is 25.7 Å². The molecular weight excluding hydrogens is 264 g/mol. The summed E-state index contributed by atoms with van der Waals surface area (Å²) in [7, 11) is 0. The Hall–Kier alpha value is -1.85. The number of H-pyrrole nitrogens is 1. The zero-order valence-electron chi connectivity index (χ0n) is 12.8. The van der Waals surface area contributed by atoms with Crippen LogP contribution in [0.3, 0.4) is 0 Å². The van der Waals surface area contributed by atoms with Crippen LogP contribution in [-0.4, -0.2) is 32.5 Å². The summed E-state index contributed by atoms with van der Waals surface area (Å²) in [6.45, 7) is 5.33. The van der Waals surface area contributed by atoms with E-state index >= 15 is 0 Å². The normalized spacial score (nSPS) is 22.4. The van der Waals surface area contributed by atoms with Crippen LogP contribution in [-0.2, 0) is 0 Å². The van der Waals surface area contributed by atoms with Crippen LogP contribution in [0.15, 0.2) is 6.33 Å². The molecule has 21 heavy (non-hydrogen) atoms. The molecule has 0 aliphatic heterocycles. The highest BCUT2D eigenvalue weighted by molar-refractivity contribution is 5.83. The number of nitrogens with one attached hydrogen (secondary N) is 3. The summed E-state index contributed by atoms with van der Waals surface area (Å²) in [6.07, 6.45) is 7.71. The quantitative estimate of drug-likeness (QED) is 0.787. The third-order valence-corrected chi connectivity index (χ3v) is 4.18. The molecule has 2 aromatic rings. The number of rotatable bonds is 5. The van der Waals surface area contributed by atoms with Gasteiger partial charge < -0.3 is 15.6 Å². The molecule has 2 aromatic heterocycles. The fourth-order valence-corrected chi connectivity index (χ4v) is 2.85. The number of imidazole rings is 1. The summed E-state index contributed by atoms with van der Waals surface area (Å²) in [5.41, 5.74) is 1.62. The standard InChI is InChI=1S/C15H24N6/c1-3-8-16-15-20-13-12(17-9-18-13)14(21-15)19-11-6-4-10(2)5-7-11/h9-11H,3-8H2,1-2H3,(H3,16,17,18,19,20,21). The molecule has 1 fully saturated rings. The largest absolute Gasteiger partial charge is 0.365 e. The zero-order valence-corrected chi connectivity index (χ0v) is 12.8. The van der Waals surface area contributed by atoms with Gasteiger partial charge in [-0.3, -0.25) is 0 Å². The van der Waals surface area contributed by atoms with E-state index in [2.05, 4.69) is 44.4 Å². The zero-order chi connectivity index (χ0) is 14.7. The van der Waals surface area contributed by atoms with Gasteiger partial charge in [0, 0.05) is 12.6 Å². The van der Waals surface area contributed by atoms with Crippen LogP contribution in [0, 0.1) is 5.92 Å². The van der Waals surface area contributed by atoms with Crippen LogP contribution in [0.25, 0.3) is 11.2 Å². The van der Waals surface area contributed by atoms with Gasteiger partial charge in [-0.2, -0.15) is 9.97 Å². The molecule has 0 unspecified atom stereocenters. The number of anilines is 2. The van der Waals surface area contributed by atoms with E-state index in [9.17, 15) is 0 Å². The van der Waals surface area contributed by atoms with E-state index < -0.39 is 0 Å². The van der Waals surface area contributed by atoms with Gasteiger partial charge >= 0.3 is 0 Å². The van der Waals surface area contributed by atoms with Crippen LogP contribution in [0.5, 0.6) is 0 Å². The average Bonchev–Trinajstić information content (AvgIpc) is 2.96. The third-order valence-electron chi connectivity index (χ3n) is 4.18. The first-order valence-corrected chi connectivity index (χ1v) is 7.97. The molecule has 6 heteroatoms. The first kappa shape index (κ1) is 14.1. The molecule has 0 radical (unpaired) electrons. The number of nitrogens with zero attached hydrogens (tertiary/aromatic N) is 3. The fraction of sp³-hybridized carbons (Fsp3) is 0.667. The lowest BCUT2D eigenvalue weighted by molar-refractivity contribution is 0.361. The van der Waals surface area contributed by atoms with Gasteiger partial charge in [-0.1, -0.05) is 13.8 Å². The molecule has 114 valence electrons. The third kappa shape index (κ3) is 3.25. The molecule has 0 atom stereocenters. The Balaban J connectivity index is 1.80. The Morgan fingerprint density at radius 3 is 2.81 bits per heavy atom. The maximum Gasteiger partial charge on any atom is 0.226 e. The Bertz CT molecular complexity index is 585. The Morgan fingerprint density at radius 1 is 1.24 bits per heavy atom. The summed E-state index contributed by atoms with van der Waals surface area (Å²) < 4.78 is 0. The minimum atomic E-state index is 0.502. The number of fused-ring (bicyclic) bond motifs is 1. The summed E-state index contributed by atoms with van der Waals surface area (Å²) in [5.74, 6) is 2.38. The molecule has 0 aromatic carbocycles. The molecule has 6 nitrogen and oxygen atoms in total. The molecule has 1 aliphatic carbocycles. The van der Waals surface area contributed by atoms with Crippen LogP contribution in [0.4, 0.5) is 11.8 Å². The van der Waals surface area contributed by atoms with Gasteiger partial charge in [0.25, 0.3) is 0 Å². The van der Waals surface area contributed by atoms with Crippen LogP contribution in [0.2, 0.25) is 0 Å². The van der Waals surface area contributed by atoms with Crippen molar-refractivity contribution in [2.24, 2.45) is 5.92 Å². The first-order chi connectivity index (χ1) is 10.3. The maximum absolute atomic E-state index is 4.62. The van der Waals surface area contributed by atoms with Gasteiger partial charge in [-0.05, 0) is 38.0 Å². The summed E-state index contributed by atoms with van der Waals surface area (Å²) in [6, 6.07) is 0.502. The summed E-state index contributed by atoms with van der Waals surface area (Å²) >= 11 is 0. The van der Waals surface area contributed by atoms with Crippen molar-refractivity contribution in [1.29, 1.82) is 0 Å². The van der Waals surface area contributed by atoms with Crippen molar-refractivity contribution in [3.8, 4) is 0 Å². The average molecular weight is 288 g/mol. The number of aromatic amines is 1. The minimum Gasteiger partial charge on any atom is -0.365 e. The second kappa shape index (κ2) is 6.28. The highest BCUT2D eigenvalue weighted by Gasteiger charge is 2.20. The lowest BCUT2D eigenvalue weighted by atomic mass is 9.87. The fourth-order valence-electron chi connectivity index (χ4n) is 2.85. The van der Waals surface area contributed by atoms with E-state index in [-0.39, 0.29) is 0 Å². The van der Waals surface area contributed by atoms with E-state index in [4.69, 9.17) is 0 Å². The van der Waals surface area contributed by atoms with Crippen molar-refractivity contribution >= 4 is 22.9 Å². The molecule has 3 N–H and O–H groups in total. The van der Waals surface area contributed by atoms with E-state index in [0.29, 0.717) is 12.0 Å². The highest BCUT2D eigenvalue weighted by atomic mass is 15.2. The molecule has 1 aliphatic rings. The van der Waals surface area contributed by atoms with Gasteiger partial charge in [0.15, 0.2) is 11.5 Å². The van der Waals surface area contributed by atoms with Crippen molar-refractivity contribution in [2.75, 3.05) is 17.2 Å². The first-order valence-electron chi connectivity index (χ1n) is 7.97. The molecule has 0 saturated heterocycles. The Kier molecular flexibility index (Phi) is 4.22. The number of aromatic nitrogens is 4. The highest BCUT2D eigenvalue weighted by Crippen LogP contribution is 2.27. The predicted octanol–water partition coefficient (Wildman–Crippen LogP) is 3.17. The molecule has 3 rings (SSSR count). The molecular formula is C15H24N6. The van der Waals surface area contributed by atoms with Crippen molar-refractivity contribution < 1.29 is 0 Å². The molecule has 1 saturated carbocycles. The van der Waals surface area contributed by atoms with Crippen molar-refractivity contribution in [3.05, 3.63) is 6.33 Å². The topological polar surface area (TPSA) is 78.5 Å². The van der Waals surface area contributed by atoms with E-state index in [0.717, 1.165) is 35.9 Å². The SMILES string of the molecule is CCCNc1nc(NC2CCC(C)CC2)c2[nH]cnc2n1. The van der Waals surface area contributed by atoms with Crippen LogP contribution in [0.1, 0.15) is 46.0 Å². The molecule has 0 amide bonds. The molecule has 2 heterocycles. The van der Waals surface area contributed by atoms with Gasteiger partial charge in [0.2, 0.25) is 5.95 Å². The van der Waals surface area contributed by atoms with Crippen LogP contribution < -0.4 is 10.6 Å². The minimum absolute atomic E-state index is 0.502. The Morgan fingerprint density at radius 2 is 2.05 bits per heavy atom. The van der Waals surface area contributed by atoms with Crippen molar-refractivity contribution in [2.45, 2.75) is 52.0 Å². The van der Waals surface area contributed by atoms with Gasteiger partial charge in [0.1, 0.15) is 5.52 Å². The van der Waals surface area contributed by atoms with Crippen molar-refractivity contribution in [1.82, 2.24) is 19.9 Å². The van der Waals surface area contributed by atoms with Crippen LogP contribution >= 0.6 is 0 Å². The van der Waals surface area contributed by atoms with E-state index in [1.807, 2.05) is 0 Å². The lowest BCUT2D eigenvalue weighted by Crippen LogP contribution is -2.26. The molecule has 0 bridgehead atoms. The number of hydrogen-bond acceptors (Lipinski definition) is 5. The maximum atomic E-state index is 4.62.